The predicted octanol–water partition coefficient (Wildman–Crippen LogP) is 1.34. The van der Waals surface area contributed by atoms with Crippen LogP contribution in [0.2, 0.25) is 0 Å². The van der Waals surface area contributed by atoms with E-state index >= 15 is 0 Å². The Labute approximate surface area is 202 Å². The number of carbonyl (C=O) groups excluding carboxylic acids is 1. The summed E-state index contributed by atoms with van der Waals surface area (Å²) in [6.07, 6.45) is -1.23. The number of likely N-dealkylation sites (tertiary alicyclic amines) is 1. The first kappa shape index (κ1) is 26.4. The molecule has 0 aromatic carbocycles. The molecule has 2 N–H and O–H groups in total. The van der Waals surface area contributed by atoms with Crippen LogP contribution in [0, 0.1) is 0 Å². The zero-order chi connectivity index (χ0) is 22.3. The Balaban J connectivity index is 0.00000363. The Hall–Kier alpha value is -1.90. The normalized spacial score (nSPS) is 17.8. The molecule has 1 aromatic rings. The van der Waals surface area contributed by atoms with Crippen LogP contribution in [-0.4, -0.2) is 102 Å². The van der Waals surface area contributed by atoms with Crippen molar-refractivity contribution in [2.24, 2.45) is 4.99 Å². The average Bonchev–Trinajstić information content (AvgIpc) is 3.29. The summed E-state index contributed by atoms with van der Waals surface area (Å²) in [4.78, 5) is 30.1. The summed E-state index contributed by atoms with van der Waals surface area (Å²) in [7, 11) is 1.69. The van der Waals surface area contributed by atoms with Crippen LogP contribution in [0.1, 0.15) is 18.5 Å². The topological polar surface area (TPSA) is 89.0 Å². The number of carbonyl (C=O) groups is 1. The molecule has 0 saturated carbocycles. The lowest BCUT2D eigenvalue weighted by Gasteiger charge is -2.36. The van der Waals surface area contributed by atoms with Crippen molar-refractivity contribution in [1.82, 2.24) is 30.0 Å². The van der Waals surface area contributed by atoms with E-state index in [-0.39, 0.29) is 35.8 Å². The Bertz CT molecular complexity index is 765. The monoisotopic (exact) mass is 570 g/mol. The number of piperazine rings is 1. The highest BCUT2D eigenvalue weighted by Crippen LogP contribution is 2.27. The third kappa shape index (κ3) is 7.60. The molecule has 0 radical (unpaired) electrons. The molecule has 1 amide bonds. The number of guanidine groups is 1. The molecule has 180 valence electrons. The molecular weight excluding hydrogens is 540 g/mol. The molecule has 3 rings (SSSR count). The maximum Gasteiger partial charge on any atom is 0.433 e. The zero-order valence-electron chi connectivity index (χ0n) is 18.1. The van der Waals surface area contributed by atoms with Crippen LogP contribution in [0.15, 0.2) is 17.3 Å². The second kappa shape index (κ2) is 12.4. The number of amides is 1. The molecular formula is C19H30F3IN8O. The Morgan fingerprint density at radius 2 is 1.78 bits per heavy atom. The van der Waals surface area contributed by atoms with Crippen LogP contribution >= 0.6 is 24.0 Å². The van der Waals surface area contributed by atoms with Gasteiger partial charge in [0, 0.05) is 65.6 Å². The van der Waals surface area contributed by atoms with Crippen LogP contribution in [0.25, 0.3) is 0 Å². The molecule has 0 aliphatic carbocycles. The lowest BCUT2D eigenvalue weighted by Crippen LogP contribution is -2.54. The predicted molar refractivity (Wildman–Crippen MR) is 126 cm³/mol. The van der Waals surface area contributed by atoms with Gasteiger partial charge < -0.3 is 20.4 Å². The summed E-state index contributed by atoms with van der Waals surface area (Å²) < 4.78 is 38.1. The van der Waals surface area contributed by atoms with Gasteiger partial charge in [0.2, 0.25) is 11.9 Å². The molecule has 32 heavy (non-hydrogen) atoms. The van der Waals surface area contributed by atoms with Crippen molar-refractivity contribution in [2.75, 3.05) is 71.3 Å². The van der Waals surface area contributed by atoms with E-state index in [1.807, 2.05) is 4.90 Å². The molecule has 2 aliphatic rings. The first-order valence-corrected chi connectivity index (χ1v) is 10.5. The van der Waals surface area contributed by atoms with Crippen LogP contribution in [0.5, 0.6) is 0 Å². The van der Waals surface area contributed by atoms with Gasteiger partial charge in [-0.15, -0.1) is 24.0 Å². The summed E-state index contributed by atoms with van der Waals surface area (Å²) in [6, 6.07) is 0.837. The largest absolute Gasteiger partial charge is 0.433 e. The van der Waals surface area contributed by atoms with Crippen molar-refractivity contribution >= 4 is 41.8 Å². The van der Waals surface area contributed by atoms with Gasteiger partial charge in [-0.1, -0.05) is 0 Å². The lowest BCUT2D eigenvalue weighted by molar-refractivity contribution is -0.141. The maximum atomic E-state index is 12.7. The number of alkyl halides is 3. The number of aliphatic imine (C=N–C) groups is 1. The van der Waals surface area contributed by atoms with E-state index in [1.165, 1.54) is 0 Å². The zero-order valence-corrected chi connectivity index (χ0v) is 20.4. The van der Waals surface area contributed by atoms with E-state index in [0.717, 1.165) is 70.3 Å². The van der Waals surface area contributed by atoms with Crippen molar-refractivity contribution in [3.05, 3.63) is 18.0 Å². The fourth-order valence-corrected chi connectivity index (χ4v) is 3.66. The van der Waals surface area contributed by atoms with Crippen LogP contribution in [0.4, 0.5) is 19.1 Å². The molecule has 0 atom stereocenters. The van der Waals surface area contributed by atoms with Gasteiger partial charge in [-0.3, -0.25) is 14.7 Å². The highest BCUT2D eigenvalue weighted by atomic mass is 127. The Morgan fingerprint density at radius 3 is 2.41 bits per heavy atom. The molecule has 13 heteroatoms. The third-order valence-corrected chi connectivity index (χ3v) is 5.34. The summed E-state index contributed by atoms with van der Waals surface area (Å²) in [6.45, 7) is 6.02. The average molecular weight is 570 g/mol. The molecule has 0 unspecified atom stereocenters. The molecule has 3 heterocycles. The second-order valence-electron chi connectivity index (χ2n) is 7.52. The number of nitrogens with zero attached hydrogens (tertiary/aromatic N) is 6. The highest BCUT2D eigenvalue weighted by molar-refractivity contribution is 14.0. The van der Waals surface area contributed by atoms with Crippen molar-refractivity contribution in [3.63, 3.8) is 0 Å². The first-order valence-electron chi connectivity index (χ1n) is 10.5. The molecule has 2 aliphatic heterocycles. The number of aromatic nitrogens is 2. The number of halogens is 4. The third-order valence-electron chi connectivity index (χ3n) is 5.34. The van der Waals surface area contributed by atoms with E-state index in [9.17, 15) is 18.0 Å². The SMILES string of the molecule is CN=C(NCCNc1nccc(C(F)(F)F)n1)N1CCN(CC(=O)N2CCCC2)CC1.I. The molecule has 9 nitrogen and oxygen atoms in total. The molecule has 2 saturated heterocycles. The number of hydrogen-bond acceptors (Lipinski definition) is 6. The van der Waals surface area contributed by atoms with Gasteiger partial charge >= 0.3 is 6.18 Å². The van der Waals surface area contributed by atoms with Crippen LogP contribution in [-0.2, 0) is 11.0 Å². The number of anilines is 1. The van der Waals surface area contributed by atoms with Gasteiger partial charge in [0.25, 0.3) is 0 Å². The minimum absolute atomic E-state index is 0. The van der Waals surface area contributed by atoms with E-state index < -0.39 is 11.9 Å². The van der Waals surface area contributed by atoms with Gasteiger partial charge in [-0.05, 0) is 18.9 Å². The lowest BCUT2D eigenvalue weighted by atomic mass is 10.3. The van der Waals surface area contributed by atoms with Gasteiger partial charge in [0.1, 0.15) is 5.69 Å². The van der Waals surface area contributed by atoms with Gasteiger partial charge in [0.05, 0.1) is 6.54 Å². The summed E-state index contributed by atoms with van der Waals surface area (Å²) in [5.41, 5.74) is -0.977. The van der Waals surface area contributed by atoms with Crippen LogP contribution in [0.3, 0.4) is 0 Å². The molecule has 1 aromatic heterocycles. The van der Waals surface area contributed by atoms with Gasteiger partial charge in [-0.25, -0.2) is 9.97 Å². The van der Waals surface area contributed by atoms with Crippen molar-refractivity contribution < 1.29 is 18.0 Å². The van der Waals surface area contributed by atoms with Gasteiger partial charge in [0.15, 0.2) is 5.96 Å². The van der Waals surface area contributed by atoms with Crippen molar-refractivity contribution in [1.29, 1.82) is 0 Å². The van der Waals surface area contributed by atoms with Gasteiger partial charge in [-0.2, -0.15) is 13.2 Å². The van der Waals surface area contributed by atoms with Crippen molar-refractivity contribution in [3.8, 4) is 0 Å². The molecule has 2 fully saturated rings. The van der Waals surface area contributed by atoms with Crippen molar-refractivity contribution in [2.45, 2.75) is 19.0 Å². The minimum atomic E-state index is -4.50. The van der Waals surface area contributed by atoms with E-state index in [4.69, 9.17) is 0 Å². The second-order valence-corrected chi connectivity index (χ2v) is 7.52. The highest BCUT2D eigenvalue weighted by Gasteiger charge is 2.32. The summed E-state index contributed by atoms with van der Waals surface area (Å²) in [5, 5.41) is 5.98. The Morgan fingerprint density at radius 1 is 1.09 bits per heavy atom. The Kier molecular flexibility index (Phi) is 10.2. The van der Waals surface area contributed by atoms with Crippen LogP contribution < -0.4 is 10.6 Å². The molecule has 0 bridgehead atoms. The first-order chi connectivity index (χ1) is 14.9. The van der Waals surface area contributed by atoms with E-state index in [0.29, 0.717) is 19.6 Å². The number of hydrogen-bond donors (Lipinski definition) is 2. The fourth-order valence-electron chi connectivity index (χ4n) is 3.66. The summed E-state index contributed by atoms with van der Waals surface area (Å²) in [5.74, 6) is 0.858. The standard InChI is InChI=1S/C19H29F3N8O.HI/c1-23-18(26-7-6-25-17-24-5-4-15(27-17)19(20,21)22)30-12-10-28(11-13-30)14-16(31)29-8-2-3-9-29;/h4-5H,2-3,6-14H2,1H3,(H,23,26)(H,24,25,27);1H. The summed E-state index contributed by atoms with van der Waals surface area (Å²) >= 11 is 0. The fraction of sp³-hybridized carbons (Fsp3) is 0.684. The van der Waals surface area contributed by atoms with E-state index in [1.54, 1.807) is 7.05 Å². The quantitative estimate of drug-likeness (QED) is 0.231. The molecule has 0 spiro atoms. The van der Waals surface area contributed by atoms with E-state index in [2.05, 4.69) is 35.4 Å². The minimum Gasteiger partial charge on any atom is -0.354 e. The maximum absolute atomic E-state index is 12.7. The number of nitrogens with one attached hydrogen (secondary N) is 2. The smallest absolute Gasteiger partial charge is 0.354 e. The number of rotatable bonds is 6.